The molecule has 0 aromatic heterocycles. The van der Waals surface area contributed by atoms with E-state index < -0.39 is 0 Å². The van der Waals surface area contributed by atoms with Crippen molar-refractivity contribution in [1.29, 1.82) is 0 Å². The van der Waals surface area contributed by atoms with E-state index in [1.54, 1.807) is 12.1 Å². The molecule has 0 bridgehead atoms. The van der Waals surface area contributed by atoms with Gasteiger partial charge in [0.2, 0.25) is 0 Å². The van der Waals surface area contributed by atoms with Crippen molar-refractivity contribution in [2.75, 3.05) is 70.8 Å². The lowest BCUT2D eigenvalue weighted by Gasteiger charge is -2.24. The van der Waals surface area contributed by atoms with Crippen molar-refractivity contribution < 1.29 is 23.3 Å². The maximum absolute atomic E-state index is 13.0. The molecule has 6 heteroatoms. The van der Waals surface area contributed by atoms with Crippen LogP contribution in [0.15, 0.2) is 24.3 Å². The molecule has 1 aliphatic rings. The summed E-state index contributed by atoms with van der Waals surface area (Å²) in [7, 11) is 0. The van der Waals surface area contributed by atoms with Crippen LogP contribution in [0.2, 0.25) is 0 Å². The average molecular weight is 313 g/mol. The van der Waals surface area contributed by atoms with Crippen LogP contribution >= 0.6 is 0 Å². The quantitative estimate of drug-likeness (QED) is 0.789. The number of ether oxygens (including phenoxy) is 4. The summed E-state index contributed by atoms with van der Waals surface area (Å²) in [5, 5.41) is 0. The van der Waals surface area contributed by atoms with Gasteiger partial charge in [0.05, 0.1) is 52.9 Å². The topological polar surface area (TPSA) is 40.2 Å². The third-order valence-corrected chi connectivity index (χ3v) is 3.32. The molecular weight excluding hydrogens is 289 g/mol. The Morgan fingerprint density at radius 1 is 0.636 bits per heavy atom. The van der Waals surface area contributed by atoms with Gasteiger partial charge in [0, 0.05) is 18.8 Å². The number of hydrogen-bond acceptors (Lipinski definition) is 5. The van der Waals surface area contributed by atoms with Crippen molar-refractivity contribution in [3.8, 4) is 0 Å². The van der Waals surface area contributed by atoms with E-state index in [1.807, 2.05) is 0 Å². The highest BCUT2D eigenvalue weighted by Gasteiger charge is 2.07. The predicted octanol–water partition coefficient (Wildman–Crippen LogP) is 1.71. The van der Waals surface area contributed by atoms with Crippen LogP contribution in [-0.2, 0) is 18.9 Å². The van der Waals surface area contributed by atoms with Crippen molar-refractivity contribution in [3.63, 3.8) is 0 Å². The van der Waals surface area contributed by atoms with E-state index in [1.165, 1.54) is 12.1 Å². The summed E-state index contributed by atoms with van der Waals surface area (Å²) < 4.78 is 34.9. The fourth-order valence-electron chi connectivity index (χ4n) is 2.13. The zero-order valence-electron chi connectivity index (χ0n) is 12.8. The second-order valence-electron chi connectivity index (χ2n) is 4.91. The standard InChI is InChI=1S/C16H24FNO4/c17-15-1-3-16(4-2-15)18-5-7-19-9-11-21-13-14-22-12-10-20-8-6-18/h1-4H,5-14H2. The van der Waals surface area contributed by atoms with Crippen LogP contribution < -0.4 is 4.90 Å². The van der Waals surface area contributed by atoms with Crippen molar-refractivity contribution in [2.24, 2.45) is 0 Å². The zero-order valence-corrected chi connectivity index (χ0v) is 12.8. The molecule has 1 fully saturated rings. The molecule has 0 spiro atoms. The van der Waals surface area contributed by atoms with Crippen molar-refractivity contribution in [2.45, 2.75) is 0 Å². The van der Waals surface area contributed by atoms with Gasteiger partial charge in [-0.1, -0.05) is 0 Å². The van der Waals surface area contributed by atoms with E-state index in [-0.39, 0.29) is 5.82 Å². The third kappa shape index (κ3) is 6.70. The second kappa shape index (κ2) is 10.5. The number of nitrogens with zero attached hydrogens (tertiary/aromatic N) is 1. The van der Waals surface area contributed by atoms with Crippen molar-refractivity contribution in [3.05, 3.63) is 30.1 Å². The Balaban J connectivity index is 1.86. The molecule has 0 aliphatic carbocycles. The molecule has 5 nitrogen and oxygen atoms in total. The van der Waals surface area contributed by atoms with Crippen LogP contribution in [0, 0.1) is 5.82 Å². The lowest BCUT2D eigenvalue weighted by Crippen LogP contribution is -2.31. The number of halogens is 1. The molecule has 124 valence electrons. The van der Waals surface area contributed by atoms with Gasteiger partial charge < -0.3 is 23.8 Å². The SMILES string of the molecule is Fc1ccc(N2CCOCCOCCOCCOCC2)cc1. The zero-order chi connectivity index (χ0) is 15.5. The summed E-state index contributed by atoms with van der Waals surface area (Å²) in [6, 6.07) is 6.48. The summed E-state index contributed by atoms with van der Waals surface area (Å²) in [6.45, 7) is 6.05. The minimum Gasteiger partial charge on any atom is -0.377 e. The van der Waals surface area contributed by atoms with Gasteiger partial charge >= 0.3 is 0 Å². The van der Waals surface area contributed by atoms with Crippen LogP contribution in [0.1, 0.15) is 0 Å². The fraction of sp³-hybridized carbons (Fsp3) is 0.625. The number of rotatable bonds is 1. The lowest BCUT2D eigenvalue weighted by molar-refractivity contribution is 0.00206. The molecule has 0 unspecified atom stereocenters. The molecule has 0 atom stereocenters. The Labute approximate surface area is 130 Å². The summed E-state index contributed by atoms with van der Waals surface area (Å²) >= 11 is 0. The highest BCUT2D eigenvalue weighted by molar-refractivity contribution is 5.46. The van der Waals surface area contributed by atoms with Crippen molar-refractivity contribution in [1.82, 2.24) is 0 Å². The molecular formula is C16H24FNO4. The van der Waals surface area contributed by atoms with Crippen LogP contribution in [0.5, 0.6) is 0 Å². The van der Waals surface area contributed by atoms with Gasteiger partial charge in [0.25, 0.3) is 0 Å². The summed E-state index contributed by atoms with van der Waals surface area (Å²) in [5.41, 5.74) is 0.963. The molecule has 0 N–H and O–H groups in total. The van der Waals surface area contributed by atoms with Crippen LogP contribution in [0.25, 0.3) is 0 Å². The molecule has 1 saturated heterocycles. The van der Waals surface area contributed by atoms with Gasteiger partial charge in [-0.15, -0.1) is 0 Å². The number of benzene rings is 1. The maximum atomic E-state index is 13.0. The monoisotopic (exact) mass is 313 g/mol. The van der Waals surface area contributed by atoms with Crippen molar-refractivity contribution >= 4 is 5.69 Å². The van der Waals surface area contributed by atoms with E-state index in [9.17, 15) is 4.39 Å². The smallest absolute Gasteiger partial charge is 0.123 e. The van der Waals surface area contributed by atoms with E-state index in [0.717, 1.165) is 18.8 Å². The Hall–Kier alpha value is -1.21. The fourth-order valence-corrected chi connectivity index (χ4v) is 2.13. The molecule has 1 aromatic rings. The Morgan fingerprint density at radius 2 is 1.05 bits per heavy atom. The second-order valence-corrected chi connectivity index (χ2v) is 4.91. The van der Waals surface area contributed by atoms with Gasteiger partial charge in [0.15, 0.2) is 0 Å². The Bertz CT molecular complexity index is 386. The van der Waals surface area contributed by atoms with E-state index in [0.29, 0.717) is 52.9 Å². The number of anilines is 1. The lowest BCUT2D eigenvalue weighted by atomic mass is 10.3. The first-order valence-electron chi connectivity index (χ1n) is 7.68. The molecule has 1 aromatic carbocycles. The maximum Gasteiger partial charge on any atom is 0.123 e. The van der Waals surface area contributed by atoms with Gasteiger partial charge in [-0.05, 0) is 24.3 Å². The molecule has 0 radical (unpaired) electrons. The Morgan fingerprint density at radius 3 is 1.50 bits per heavy atom. The molecule has 0 amide bonds. The van der Waals surface area contributed by atoms with Gasteiger partial charge in [-0.3, -0.25) is 0 Å². The Kier molecular flexibility index (Phi) is 8.19. The predicted molar refractivity (Wildman–Crippen MR) is 81.9 cm³/mol. The minimum absolute atomic E-state index is 0.233. The van der Waals surface area contributed by atoms with Gasteiger partial charge in [0.1, 0.15) is 5.82 Å². The summed E-state index contributed by atoms with van der Waals surface area (Å²) in [4.78, 5) is 2.13. The highest BCUT2D eigenvalue weighted by atomic mass is 19.1. The third-order valence-electron chi connectivity index (χ3n) is 3.32. The van der Waals surface area contributed by atoms with E-state index in [2.05, 4.69) is 4.90 Å². The molecule has 0 saturated carbocycles. The normalized spacial score (nSPS) is 20.1. The van der Waals surface area contributed by atoms with E-state index >= 15 is 0 Å². The molecule has 22 heavy (non-hydrogen) atoms. The first-order valence-corrected chi connectivity index (χ1v) is 7.68. The van der Waals surface area contributed by atoms with Gasteiger partial charge in [-0.2, -0.15) is 0 Å². The molecule has 1 heterocycles. The first kappa shape index (κ1) is 17.1. The largest absolute Gasteiger partial charge is 0.377 e. The number of hydrogen-bond donors (Lipinski definition) is 0. The molecule has 2 rings (SSSR count). The molecule has 1 aliphatic heterocycles. The van der Waals surface area contributed by atoms with Crippen LogP contribution in [-0.4, -0.2) is 65.9 Å². The van der Waals surface area contributed by atoms with Gasteiger partial charge in [-0.25, -0.2) is 4.39 Å². The van der Waals surface area contributed by atoms with E-state index in [4.69, 9.17) is 18.9 Å². The first-order chi connectivity index (χ1) is 10.9. The highest BCUT2D eigenvalue weighted by Crippen LogP contribution is 2.14. The summed E-state index contributed by atoms with van der Waals surface area (Å²) in [5.74, 6) is -0.233. The summed E-state index contributed by atoms with van der Waals surface area (Å²) in [6.07, 6.45) is 0. The average Bonchev–Trinajstić information content (AvgIpc) is 2.54. The van der Waals surface area contributed by atoms with Crippen LogP contribution in [0.3, 0.4) is 0 Å². The van der Waals surface area contributed by atoms with Crippen LogP contribution in [0.4, 0.5) is 10.1 Å². The minimum atomic E-state index is -0.233.